The number of ether oxygens (including phenoxy) is 2. The van der Waals surface area contributed by atoms with Gasteiger partial charge >= 0.3 is 0 Å². The average Bonchev–Trinajstić information content (AvgIpc) is 2.52. The van der Waals surface area contributed by atoms with E-state index < -0.39 is 0 Å². The molecule has 0 bridgehead atoms. The van der Waals surface area contributed by atoms with Crippen molar-refractivity contribution in [3.8, 4) is 17.2 Å². The smallest absolute Gasteiger partial charge is 0.255 e. The van der Waals surface area contributed by atoms with Crippen LogP contribution in [-0.4, -0.2) is 25.2 Å². The maximum absolute atomic E-state index is 12.0. The first kappa shape index (κ1) is 14.7. The number of benzene rings is 2. The molecule has 0 aliphatic heterocycles. The fraction of sp³-hybridized carbons (Fsp3) is 0.188. The number of phenols is 1. The van der Waals surface area contributed by atoms with Crippen LogP contribution in [-0.2, 0) is 6.54 Å². The molecule has 0 aliphatic rings. The van der Waals surface area contributed by atoms with Gasteiger partial charge in [0.05, 0.1) is 19.8 Å². The summed E-state index contributed by atoms with van der Waals surface area (Å²) in [6, 6.07) is 11.8. The molecule has 0 fully saturated rings. The van der Waals surface area contributed by atoms with Gasteiger partial charge in [0, 0.05) is 6.54 Å². The Morgan fingerprint density at radius 3 is 2.48 bits per heavy atom. The third-order valence-electron chi connectivity index (χ3n) is 3.05. The summed E-state index contributed by atoms with van der Waals surface area (Å²) < 4.78 is 10.4. The van der Waals surface area contributed by atoms with Gasteiger partial charge < -0.3 is 19.9 Å². The van der Waals surface area contributed by atoms with Gasteiger partial charge in [-0.2, -0.15) is 0 Å². The van der Waals surface area contributed by atoms with E-state index in [4.69, 9.17) is 9.47 Å². The number of nitrogens with one attached hydrogen (secondary N) is 1. The number of carbonyl (C=O) groups is 1. The minimum absolute atomic E-state index is 0.0395. The fourth-order valence-corrected chi connectivity index (χ4v) is 1.93. The van der Waals surface area contributed by atoms with Crippen molar-refractivity contribution in [2.45, 2.75) is 6.54 Å². The summed E-state index contributed by atoms with van der Waals surface area (Å²) in [5, 5.41) is 12.4. The largest absolute Gasteiger partial charge is 0.507 e. The highest BCUT2D eigenvalue weighted by atomic mass is 16.5. The summed E-state index contributed by atoms with van der Waals surface area (Å²) in [5.74, 6) is 0.866. The van der Waals surface area contributed by atoms with Gasteiger partial charge in [-0.3, -0.25) is 4.79 Å². The molecule has 0 radical (unpaired) electrons. The second-order valence-electron chi connectivity index (χ2n) is 4.39. The van der Waals surface area contributed by atoms with Crippen LogP contribution in [0.2, 0.25) is 0 Å². The highest BCUT2D eigenvalue weighted by molar-refractivity contribution is 5.96. The summed E-state index contributed by atoms with van der Waals surface area (Å²) in [6.45, 7) is 0.327. The molecule has 2 N–H and O–H groups in total. The lowest BCUT2D eigenvalue weighted by atomic mass is 10.1. The van der Waals surface area contributed by atoms with Gasteiger partial charge in [-0.15, -0.1) is 0 Å². The van der Waals surface area contributed by atoms with E-state index in [2.05, 4.69) is 5.32 Å². The van der Waals surface area contributed by atoms with E-state index in [1.54, 1.807) is 44.6 Å². The summed E-state index contributed by atoms with van der Waals surface area (Å²) in [6.07, 6.45) is 0. The molecule has 110 valence electrons. The molecule has 5 nitrogen and oxygen atoms in total. The van der Waals surface area contributed by atoms with Crippen LogP contribution in [0.3, 0.4) is 0 Å². The Kier molecular flexibility index (Phi) is 4.66. The molecule has 2 aromatic carbocycles. The van der Waals surface area contributed by atoms with E-state index in [1.807, 2.05) is 6.07 Å². The lowest BCUT2D eigenvalue weighted by Gasteiger charge is -2.10. The fourth-order valence-electron chi connectivity index (χ4n) is 1.93. The summed E-state index contributed by atoms with van der Waals surface area (Å²) in [4.78, 5) is 12.0. The number of aromatic hydroxyl groups is 1. The van der Waals surface area contributed by atoms with E-state index in [9.17, 15) is 9.90 Å². The molecular weight excluding hydrogens is 270 g/mol. The van der Waals surface area contributed by atoms with Crippen LogP contribution >= 0.6 is 0 Å². The van der Waals surface area contributed by atoms with Gasteiger partial charge in [0.2, 0.25) is 0 Å². The Morgan fingerprint density at radius 1 is 1.10 bits per heavy atom. The van der Waals surface area contributed by atoms with Crippen molar-refractivity contribution in [1.29, 1.82) is 0 Å². The molecule has 2 rings (SSSR count). The van der Waals surface area contributed by atoms with Crippen LogP contribution in [0.25, 0.3) is 0 Å². The maximum atomic E-state index is 12.0. The van der Waals surface area contributed by atoms with Crippen LogP contribution in [0.15, 0.2) is 42.5 Å². The molecule has 0 heterocycles. The second-order valence-corrected chi connectivity index (χ2v) is 4.39. The van der Waals surface area contributed by atoms with Crippen molar-refractivity contribution in [2.75, 3.05) is 14.2 Å². The lowest BCUT2D eigenvalue weighted by molar-refractivity contribution is 0.0948. The van der Waals surface area contributed by atoms with Crippen LogP contribution in [0.5, 0.6) is 17.2 Å². The predicted molar refractivity (Wildman–Crippen MR) is 78.8 cm³/mol. The molecular formula is C16H17NO4. The highest BCUT2D eigenvalue weighted by Crippen LogP contribution is 2.27. The summed E-state index contributed by atoms with van der Waals surface area (Å²) in [5.41, 5.74) is 1.12. The zero-order chi connectivity index (χ0) is 15.2. The molecule has 0 saturated carbocycles. The van der Waals surface area contributed by atoms with Gasteiger partial charge in [-0.05, 0) is 29.8 Å². The second kappa shape index (κ2) is 6.65. The molecule has 21 heavy (non-hydrogen) atoms. The van der Waals surface area contributed by atoms with Crippen LogP contribution in [0.4, 0.5) is 0 Å². The third-order valence-corrected chi connectivity index (χ3v) is 3.05. The van der Waals surface area contributed by atoms with E-state index in [1.165, 1.54) is 6.07 Å². The third kappa shape index (κ3) is 3.45. The number of rotatable bonds is 5. The average molecular weight is 287 g/mol. The Morgan fingerprint density at radius 2 is 1.81 bits per heavy atom. The predicted octanol–water partition coefficient (Wildman–Crippen LogP) is 2.34. The van der Waals surface area contributed by atoms with Crippen molar-refractivity contribution >= 4 is 5.91 Å². The number of hydrogen-bond acceptors (Lipinski definition) is 4. The van der Waals surface area contributed by atoms with Gasteiger partial charge in [0.15, 0.2) is 11.5 Å². The highest BCUT2D eigenvalue weighted by Gasteiger charge is 2.10. The lowest BCUT2D eigenvalue weighted by Crippen LogP contribution is -2.22. The molecule has 2 aromatic rings. The number of carbonyl (C=O) groups excluding carboxylic acids is 1. The Balaban J connectivity index is 2.06. The molecule has 1 amide bonds. The normalized spacial score (nSPS) is 10.0. The Hall–Kier alpha value is -2.69. The van der Waals surface area contributed by atoms with E-state index in [0.29, 0.717) is 18.0 Å². The number of amides is 1. The van der Waals surface area contributed by atoms with Gasteiger partial charge in [0.25, 0.3) is 5.91 Å². The molecule has 5 heteroatoms. The number of hydrogen-bond donors (Lipinski definition) is 2. The molecule has 0 spiro atoms. The topological polar surface area (TPSA) is 67.8 Å². The molecule has 0 aliphatic carbocycles. The van der Waals surface area contributed by atoms with Crippen molar-refractivity contribution in [3.05, 3.63) is 53.6 Å². The standard InChI is InChI=1S/C16H17NO4/c1-20-14-8-7-11(9-15(14)21-2)10-17-16(19)12-5-3-4-6-13(12)18/h3-9,18H,10H2,1-2H3,(H,17,19). The Labute approximate surface area is 123 Å². The van der Waals surface area contributed by atoms with Crippen molar-refractivity contribution in [2.24, 2.45) is 0 Å². The van der Waals surface area contributed by atoms with Gasteiger partial charge in [-0.25, -0.2) is 0 Å². The monoisotopic (exact) mass is 287 g/mol. The van der Waals surface area contributed by atoms with Gasteiger partial charge in [-0.1, -0.05) is 18.2 Å². The first-order chi connectivity index (χ1) is 10.2. The van der Waals surface area contributed by atoms with Crippen LogP contribution in [0, 0.1) is 0 Å². The SMILES string of the molecule is COc1ccc(CNC(=O)c2ccccc2O)cc1OC. The zero-order valence-electron chi connectivity index (χ0n) is 11.9. The minimum Gasteiger partial charge on any atom is -0.507 e. The van der Waals surface area contributed by atoms with Crippen LogP contribution < -0.4 is 14.8 Å². The number of para-hydroxylation sites is 1. The Bertz CT molecular complexity index is 640. The van der Waals surface area contributed by atoms with Crippen molar-refractivity contribution in [1.82, 2.24) is 5.32 Å². The van der Waals surface area contributed by atoms with E-state index in [-0.39, 0.29) is 17.2 Å². The van der Waals surface area contributed by atoms with E-state index in [0.717, 1.165) is 5.56 Å². The number of methoxy groups -OCH3 is 2. The summed E-state index contributed by atoms with van der Waals surface area (Å²) >= 11 is 0. The van der Waals surface area contributed by atoms with Crippen molar-refractivity contribution in [3.63, 3.8) is 0 Å². The molecule has 0 unspecified atom stereocenters. The maximum Gasteiger partial charge on any atom is 0.255 e. The molecule has 0 atom stereocenters. The first-order valence-corrected chi connectivity index (χ1v) is 6.42. The van der Waals surface area contributed by atoms with E-state index >= 15 is 0 Å². The summed E-state index contributed by atoms with van der Waals surface area (Å²) in [7, 11) is 3.12. The minimum atomic E-state index is -0.331. The zero-order valence-corrected chi connectivity index (χ0v) is 11.9. The quantitative estimate of drug-likeness (QED) is 0.885. The molecule has 0 aromatic heterocycles. The first-order valence-electron chi connectivity index (χ1n) is 6.42. The van der Waals surface area contributed by atoms with Crippen LogP contribution in [0.1, 0.15) is 15.9 Å². The molecule has 0 saturated heterocycles. The number of phenolic OH excluding ortho intramolecular Hbond substituents is 1. The van der Waals surface area contributed by atoms with Gasteiger partial charge in [0.1, 0.15) is 5.75 Å². The van der Waals surface area contributed by atoms with Crippen molar-refractivity contribution < 1.29 is 19.4 Å².